The normalized spacial score (nSPS) is 14.7. The van der Waals surface area contributed by atoms with Gasteiger partial charge in [-0.15, -0.1) is 0 Å². The first-order valence-corrected chi connectivity index (χ1v) is 12.8. The number of urea groups is 1. The van der Waals surface area contributed by atoms with Crippen LogP contribution in [-0.2, 0) is 14.3 Å². The molecule has 0 saturated carbocycles. The number of rotatable bonds is 5. The summed E-state index contributed by atoms with van der Waals surface area (Å²) in [7, 11) is 0. The zero-order valence-electron chi connectivity index (χ0n) is 22.6. The molecule has 0 bridgehead atoms. The van der Waals surface area contributed by atoms with Gasteiger partial charge in [-0.2, -0.15) is 13.2 Å². The number of nitrogens with one attached hydrogen (secondary N) is 4. The van der Waals surface area contributed by atoms with E-state index in [-0.39, 0.29) is 37.2 Å². The first-order valence-electron chi connectivity index (χ1n) is 12.8. The number of amides is 3. The number of carbonyl (C=O) groups excluding carboxylic acids is 4. The molecule has 3 aromatic rings. The van der Waals surface area contributed by atoms with E-state index in [4.69, 9.17) is 0 Å². The van der Waals surface area contributed by atoms with Crippen LogP contribution in [0.4, 0.5) is 29.3 Å². The molecule has 9 nitrogen and oxygen atoms in total. The third kappa shape index (κ3) is 6.65. The van der Waals surface area contributed by atoms with Crippen LogP contribution in [0.25, 0.3) is 10.8 Å². The van der Waals surface area contributed by atoms with Crippen molar-refractivity contribution < 1.29 is 37.1 Å². The molecule has 216 valence electrons. The van der Waals surface area contributed by atoms with E-state index in [0.29, 0.717) is 16.5 Å². The van der Waals surface area contributed by atoms with Gasteiger partial charge in [0.25, 0.3) is 5.91 Å². The molecule has 0 unspecified atom stereocenters. The molecule has 1 aliphatic rings. The molecule has 3 aromatic carbocycles. The molecule has 0 radical (unpaired) electrons. The van der Waals surface area contributed by atoms with Crippen LogP contribution in [0.15, 0.2) is 48.5 Å². The number of anilines is 2. The lowest BCUT2D eigenvalue weighted by Gasteiger charge is -2.35. The molecule has 12 heteroatoms. The molecule has 1 fully saturated rings. The van der Waals surface area contributed by atoms with Crippen LogP contribution in [0.1, 0.15) is 39.9 Å². The summed E-state index contributed by atoms with van der Waals surface area (Å²) >= 11 is 0. The summed E-state index contributed by atoms with van der Waals surface area (Å²) in [6.45, 7) is 6.00. The smallest absolute Gasteiger partial charge is 0.385 e. The molecular weight excluding hydrogens is 541 g/mol. The summed E-state index contributed by atoms with van der Waals surface area (Å²) in [5, 5.41) is 12.3. The van der Waals surface area contributed by atoms with Gasteiger partial charge in [-0.25, -0.2) is 14.4 Å². The van der Waals surface area contributed by atoms with Crippen molar-refractivity contribution in [3.8, 4) is 0 Å². The van der Waals surface area contributed by atoms with Gasteiger partial charge in [0, 0.05) is 5.69 Å². The lowest BCUT2D eigenvalue weighted by Crippen LogP contribution is -2.60. The Labute approximate surface area is 233 Å². The standard InChI is InChI=1S/C29H29F3N4O5/c1-16-12-17(2)23(18(3)13-16)35-27(40)34-22-15-20-7-5-4-6-19(20)14-21(22)24(37)36-28(8-10-33-11-9-28)25(38)41-26(39)29(30,31)32/h4-7,12-15,33H,8-11H2,1-3H3,(H,36,37)(H2,34,35,40). The predicted octanol–water partition coefficient (Wildman–Crippen LogP) is 4.89. The second-order valence-electron chi connectivity index (χ2n) is 10.1. The fourth-order valence-electron chi connectivity index (χ4n) is 4.93. The molecule has 1 aliphatic heterocycles. The Morgan fingerprint density at radius 3 is 2.05 bits per heavy atom. The molecular formula is C29H29F3N4O5. The van der Waals surface area contributed by atoms with E-state index in [1.54, 1.807) is 30.3 Å². The van der Waals surface area contributed by atoms with Crippen LogP contribution in [-0.4, -0.2) is 48.7 Å². The van der Waals surface area contributed by atoms with Crippen molar-refractivity contribution >= 4 is 46.0 Å². The number of hydrogen-bond acceptors (Lipinski definition) is 6. The topological polar surface area (TPSA) is 126 Å². The highest BCUT2D eigenvalue weighted by Gasteiger charge is 2.49. The third-order valence-electron chi connectivity index (χ3n) is 6.91. The van der Waals surface area contributed by atoms with E-state index in [2.05, 4.69) is 26.0 Å². The van der Waals surface area contributed by atoms with Gasteiger partial charge in [0.05, 0.1) is 11.3 Å². The van der Waals surface area contributed by atoms with Gasteiger partial charge < -0.3 is 26.0 Å². The molecule has 0 spiro atoms. The average molecular weight is 571 g/mol. The van der Waals surface area contributed by atoms with Crippen molar-refractivity contribution in [2.45, 2.75) is 45.3 Å². The first-order chi connectivity index (χ1) is 19.3. The SMILES string of the molecule is Cc1cc(C)c(NC(=O)Nc2cc3ccccc3cc2C(=O)NC2(C(=O)OC(=O)C(F)(F)F)CCNCC2)c(C)c1. The van der Waals surface area contributed by atoms with Crippen LogP contribution < -0.4 is 21.3 Å². The molecule has 1 saturated heterocycles. The summed E-state index contributed by atoms with van der Waals surface area (Å²) in [4.78, 5) is 51.0. The molecule has 1 heterocycles. The highest BCUT2D eigenvalue weighted by Crippen LogP contribution is 2.29. The second kappa shape index (κ2) is 11.6. The summed E-state index contributed by atoms with van der Waals surface area (Å²) in [6, 6.07) is 13.3. The molecule has 4 rings (SSSR count). The number of hydrogen-bond donors (Lipinski definition) is 4. The number of aryl methyl sites for hydroxylation is 3. The number of esters is 2. The molecule has 41 heavy (non-hydrogen) atoms. The number of carbonyl (C=O) groups is 4. The summed E-state index contributed by atoms with van der Waals surface area (Å²) in [5.74, 6) is -5.01. The van der Waals surface area contributed by atoms with E-state index >= 15 is 0 Å². The van der Waals surface area contributed by atoms with Gasteiger partial charge in [0.1, 0.15) is 5.54 Å². The third-order valence-corrected chi connectivity index (χ3v) is 6.91. The largest absolute Gasteiger partial charge is 0.491 e. The minimum atomic E-state index is -5.38. The lowest BCUT2D eigenvalue weighted by atomic mass is 9.87. The molecule has 0 atom stereocenters. The van der Waals surface area contributed by atoms with Crippen molar-refractivity contribution in [1.29, 1.82) is 0 Å². The van der Waals surface area contributed by atoms with Crippen LogP contribution in [0.5, 0.6) is 0 Å². The van der Waals surface area contributed by atoms with Crippen molar-refractivity contribution in [2.24, 2.45) is 0 Å². The maximum atomic E-state index is 13.6. The number of ether oxygens (including phenoxy) is 1. The zero-order chi connectivity index (χ0) is 29.9. The maximum Gasteiger partial charge on any atom is 0.491 e. The maximum absolute atomic E-state index is 13.6. The van der Waals surface area contributed by atoms with E-state index in [0.717, 1.165) is 16.7 Å². The van der Waals surface area contributed by atoms with Gasteiger partial charge in [0.2, 0.25) is 0 Å². The zero-order valence-corrected chi connectivity index (χ0v) is 22.6. The fourth-order valence-corrected chi connectivity index (χ4v) is 4.93. The Morgan fingerprint density at radius 2 is 1.46 bits per heavy atom. The van der Waals surface area contributed by atoms with Crippen LogP contribution in [0.3, 0.4) is 0 Å². The van der Waals surface area contributed by atoms with Crippen LogP contribution >= 0.6 is 0 Å². The number of halogens is 3. The van der Waals surface area contributed by atoms with Gasteiger partial charge in [-0.3, -0.25) is 4.79 Å². The number of piperidine rings is 1. The highest BCUT2D eigenvalue weighted by molar-refractivity contribution is 6.11. The summed E-state index contributed by atoms with van der Waals surface area (Å²) in [5.41, 5.74) is 1.48. The van der Waals surface area contributed by atoms with Crippen molar-refractivity contribution in [3.63, 3.8) is 0 Å². The van der Waals surface area contributed by atoms with E-state index < -0.39 is 35.6 Å². The number of benzene rings is 3. The predicted molar refractivity (Wildman–Crippen MR) is 147 cm³/mol. The molecule has 4 N–H and O–H groups in total. The molecule has 0 aliphatic carbocycles. The summed E-state index contributed by atoms with van der Waals surface area (Å²) < 4.78 is 42.5. The fraction of sp³-hybridized carbons (Fsp3) is 0.310. The Balaban J connectivity index is 1.66. The minimum absolute atomic E-state index is 0.0379. The van der Waals surface area contributed by atoms with Crippen molar-refractivity contribution in [1.82, 2.24) is 10.6 Å². The van der Waals surface area contributed by atoms with Gasteiger partial charge >= 0.3 is 24.1 Å². The minimum Gasteiger partial charge on any atom is -0.385 e. The van der Waals surface area contributed by atoms with Crippen LogP contribution in [0, 0.1) is 20.8 Å². The lowest BCUT2D eigenvalue weighted by molar-refractivity contribution is -0.204. The monoisotopic (exact) mass is 570 g/mol. The Hall–Kier alpha value is -4.45. The first kappa shape index (κ1) is 29.5. The summed E-state index contributed by atoms with van der Waals surface area (Å²) in [6.07, 6.45) is -5.62. The average Bonchev–Trinajstić information content (AvgIpc) is 2.90. The Bertz CT molecular complexity index is 1510. The number of alkyl halides is 3. The Kier molecular flexibility index (Phi) is 8.34. The molecule has 0 aromatic heterocycles. The molecule has 3 amide bonds. The van der Waals surface area contributed by atoms with E-state index in [1.807, 2.05) is 32.9 Å². The van der Waals surface area contributed by atoms with Gasteiger partial charge in [-0.05, 0) is 80.7 Å². The van der Waals surface area contributed by atoms with E-state index in [1.165, 1.54) is 6.07 Å². The Morgan fingerprint density at radius 1 is 0.878 bits per heavy atom. The quantitative estimate of drug-likeness (QED) is 0.256. The van der Waals surface area contributed by atoms with Crippen molar-refractivity contribution in [3.05, 3.63) is 70.8 Å². The number of fused-ring (bicyclic) bond motifs is 1. The van der Waals surface area contributed by atoms with E-state index in [9.17, 15) is 32.3 Å². The van der Waals surface area contributed by atoms with Gasteiger partial charge in [-0.1, -0.05) is 42.0 Å². The van der Waals surface area contributed by atoms with Crippen LogP contribution in [0.2, 0.25) is 0 Å². The second-order valence-corrected chi connectivity index (χ2v) is 10.1. The van der Waals surface area contributed by atoms with Crippen molar-refractivity contribution in [2.75, 3.05) is 23.7 Å². The highest BCUT2D eigenvalue weighted by atomic mass is 19.4. The van der Waals surface area contributed by atoms with Gasteiger partial charge in [0.15, 0.2) is 0 Å².